The van der Waals surface area contributed by atoms with Crippen molar-refractivity contribution in [1.82, 2.24) is 15.1 Å². The molecule has 4 rings (SSSR count). The van der Waals surface area contributed by atoms with Crippen LogP contribution in [0.4, 0.5) is 10.5 Å². The highest BCUT2D eigenvalue weighted by Crippen LogP contribution is 2.29. The minimum atomic E-state index is 0.0750. The summed E-state index contributed by atoms with van der Waals surface area (Å²) in [5, 5.41) is 6.92. The summed E-state index contributed by atoms with van der Waals surface area (Å²) >= 11 is 0. The van der Waals surface area contributed by atoms with Gasteiger partial charge < -0.3 is 9.64 Å². The number of H-pyrrole nitrogens is 1. The number of urea groups is 1. The first kappa shape index (κ1) is 19.1. The average molecular weight is 390 g/mol. The van der Waals surface area contributed by atoms with Crippen molar-refractivity contribution in [3.05, 3.63) is 66.0 Å². The molecule has 0 bridgehead atoms. The number of aromatic nitrogens is 2. The SMILES string of the molecule is CCc1cc(N2CCN(CCc3cccc(OC)c3)C2=O)ccc1-c1cn[nH]c1. The number of carbonyl (C=O) groups excluding carboxylic acids is 1. The van der Waals surface area contributed by atoms with Gasteiger partial charge in [-0.05, 0) is 53.8 Å². The molecule has 0 aliphatic carbocycles. The molecule has 0 unspecified atom stereocenters. The van der Waals surface area contributed by atoms with Gasteiger partial charge in [0.05, 0.1) is 13.3 Å². The van der Waals surface area contributed by atoms with Crippen molar-refractivity contribution in [2.24, 2.45) is 0 Å². The highest BCUT2D eigenvalue weighted by Gasteiger charge is 2.29. The van der Waals surface area contributed by atoms with Crippen molar-refractivity contribution < 1.29 is 9.53 Å². The molecule has 2 aromatic carbocycles. The number of hydrogen-bond acceptors (Lipinski definition) is 3. The summed E-state index contributed by atoms with van der Waals surface area (Å²) in [5.41, 5.74) is 5.58. The van der Waals surface area contributed by atoms with E-state index in [1.165, 1.54) is 11.1 Å². The van der Waals surface area contributed by atoms with Crippen LogP contribution in [0.5, 0.6) is 5.75 Å². The van der Waals surface area contributed by atoms with Gasteiger partial charge in [0.2, 0.25) is 0 Å². The number of benzene rings is 2. The van der Waals surface area contributed by atoms with E-state index in [2.05, 4.69) is 35.3 Å². The van der Waals surface area contributed by atoms with E-state index in [1.54, 1.807) is 7.11 Å². The maximum atomic E-state index is 13.0. The van der Waals surface area contributed by atoms with Crippen molar-refractivity contribution in [3.63, 3.8) is 0 Å². The quantitative estimate of drug-likeness (QED) is 0.660. The van der Waals surface area contributed by atoms with Crippen molar-refractivity contribution >= 4 is 11.7 Å². The summed E-state index contributed by atoms with van der Waals surface area (Å²) in [5.74, 6) is 0.849. The van der Waals surface area contributed by atoms with Crippen LogP contribution < -0.4 is 9.64 Å². The van der Waals surface area contributed by atoms with Crippen LogP contribution in [0.2, 0.25) is 0 Å². The van der Waals surface area contributed by atoms with E-state index < -0.39 is 0 Å². The van der Waals surface area contributed by atoms with E-state index in [1.807, 2.05) is 46.5 Å². The van der Waals surface area contributed by atoms with E-state index in [9.17, 15) is 4.79 Å². The lowest BCUT2D eigenvalue weighted by Gasteiger charge is -2.20. The van der Waals surface area contributed by atoms with Gasteiger partial charge in [0.25, 0.3) is 0 Å². The molecule has 1 aliphatic rings. The molecule has 1 aromatic heterocycles. The van der Waals surface area contributed by atoms with E-state index in [-0.39, 0.29) is 6.03 Å². The summed E-state index contributed by atoms with van der Waals surface area (Å²) in [4.78, 5) is 16.8. The van der Waals surface area contributed by atoms with Gasteiger partial charge >= 0.3 is 6.03 Å². The number of nitrogens with zero attached hydrogens (tertiary/aromatic N) is 3. The van der Waals surface area contributed by atoms with Crippen molar-refractivity contribution in [3.8, 4) is 16.9 Å². The summed E-state index contributed by atoms with van der Waals surface area (Å²) in [7, 11) is 1.67. The molecule has 150 valence electrons. The fraction of sp³-hybridized carbons (Fsp3) is 0.304. The largest absolute Gasteiger partial charge is 0.497 e. The van der Waals surface area contributed by atoms with Crippen LogP contribution in [-0.4, -0.2) is 47.9 Å². The number of nitrogens with one attached hydrogen (secondary N) is 1. The molecule has 0 radical (unpaired) electrons. The molecule has 1 N–H and O–H groups in total. The first-order valence-corrected chi connectivity index (χ1v) is 10.0. The van der Waals surface area contributed by atoms with E-state index in [0.717, 1.165) is 42.0 Å². The number of amides is 2. The second-order valence-corrected chi connectivity index (χ2v) is 7.20. The summed E-state index contributed by atoms with van der Waals surface area (Å²) in [6.45, 7) is 4.30. The fourth-order valence-electron chi connectivity index (χ4n) is 3.84. The van der Waals surface area contributed by atoms with Gasteiger partial charge in [0.15, 0.2) is 0 Å². The number of rotatable bonds is 7. The topological polar surface area (TPSA) is 61.5 Å². The lowest BCUT2D eigenvalue weighted by Crippen LogP contribution is -2.33. The molecule has 6 heteroatoms. The molecule has 1 saturated heterocycles. The molecule has 29 heavy (non-hydrogen) atoms. The van der Waals surface area contributed by atoms with Crippen LogP contribution in [0.25, 0.3) is 11.1 Å². The Hall–Kier alpha value is -3.28. The molecular formula is C23H26N4O2. The predicted molar refractivity (Wildman–Crippen MR) is 114 cm³/mol. The highest BCUT2D eigenvalue weighted by atomic mass is 16.5. The zero-order valence-corrected chi connectivity index (χ0v) is 16.9. The minimum Gasteiger partial charge on any atom is -0.497 e. The van der Waals surface area contributed by atoms with Gasteiger partial charge in [-0.25, -0.2) is 4.79 Å². The first-order valence-electron chi connectivity index (χ1n) is 10.0. The summed E-state index contributed by atoms with van der Waals surface area (Å²) < 4.78 is 5.29. The smallest absolute Gasteiger partial charge is 0.324 e. The zero-order chi connectivity index (χ0) is 20.2. The Bertz CT molecular complexity index is 984. The highest BCUT2D eigenvalue weighted by molar-refractivity contribution is 5.94. The lowest BCUT2D eigenvalue weighted by molar-refractivity contribution is 0.221. The van der Waals surface area contributed by atoms with Crippen LogP contribution >= 0.6 is 0 Å². The van der Waals surface area contributed by atoms with Crippen LogP contribution in [0.15, 0.2) is 54.9 Å². The summed E-state index contributed by atoms with van der Waals surface area (Å²) in [6, 6.07) is 14.3. The van der Waals surface area contributed by atoms with Crippen LogP contribution in [0.1, 0.15) is 18.1 Å². The fourth-order valence-corrected chi connectivity index (χ4v) is 3.84. The molecule has 0 spiro atoms. The third-order valence-corrected chi connectivity index (χ3v) is 5.49. The second kappa shape index (κ2) is 8.39. The molecule has 3 aromatic rings. The van der Waals surface area contributed by atoms with Gasteiger partial charge in [0, 0.05) is 37.1 Å². The van der Waals surface area contributed by atoms with Crippen molar-refractivity contribution in [2.45, 2.75) is 19.8 Å². The number of carbonyl (C=O) groups is 1. The van der Waals surface area contributed by atoms with Gasteiger partial charge in [-0.2, -0.15) is 5.10 Å². The molecule has 1 fully saturated rings. The van der Waals surface area contributed by atoms with Gasteiger partial charge in [0.1, 0.15) is 5.75 Å². The molecule has 2 amide bonds. The predicted octanol–water partition coefficient (Wildman–Crippen LogP) is 4.13. The maximum absolute atomic E-state index is 13.0. The van der Waals surface area contributed by atoms with Crippen LogP contribution in [0.3, 0.4) is 0 Å². The van der Waals surface area contributed by atoms with Gasteiger partial charge in [-0.1, -0.05) is 25.1 Å². The number of aryl methyl sites for hydroxylation is 1. The van der Waals surface area contributed by atoms with Gasteiger partial charge in [-0.3, -0.25) is 10.00 Å². The molecule has 0 saturated carbocycles. The average Bonchev–Trinajstić information content (AvgIpc) is 3.42. The normalized spacial score (nSPS) is 13.9. The van der Waals surface area contributed by atoms with Crippen molar-refractivity contribution in [2.75, 3.05) is 31.6 Å². The van der Waals surface area contributed by atoms with E-state index in [4.69, 9.17) is 4.74 Å². The monoisotopic (exact) mass is 390 g/mol. The lowest BCUT2D eigenvalue weighted by atomic mass is 9.99. The number of anilines is 1. The molecule has 6 nitrogen and oxygen atoms in total. The van der Waals surface area contributed by atoms with Gasteiger partial charge in [-0.15, -0.1) is 0 Å². The second-order valence-electron chi connectivity index (χ2n) is 7.20. The Balaban J connectivity index is 1.45. The molecule has 2 heterocycles. The minimum absolute atomic E-state index is 0.0750. The Morgan fingerprint density at radius 1 is 1.17 bits per heavy atom. The Morgan fingerprint density at radius 3 is 2.83 bits per heavy atom. The first-order chi connectivity index (χ1) is 14.2. The Labute approximate surface area is 171 Å². The third-order valence-electron chi connectivity index (χ3n) is 5.49. The molecule has 0 atom stereocenters. The van der Waals surface area contributed by atoms with E-state index in [0.29, 0.717) is 13.1 Å². The van der Waals surface area contributed by atoms with E-state index >= 15 is 0 Å². The summed E-state index contributed by atoms with van der Waals surface area (Å²) in [6.07, 6.45) is 5.44. The maximum Gasteiger partial charge on any atom is 0.324 e. The Kier molecular flexibility index (Phi) is 5.51. The van der Waals surface area contributed by atoms with Crippen LogP contribution in [-0.2, 0) is 12.8 Å². The molecular weight excluding hydrogens is 364 g/mol. The zero-order valence-electron chi connectivity index (χ0n) is 16.9. The number of ether oxygens (including phenoxy) is 1. The number of methoxy groups -OCH3 is 1. The van der Waals surface area contributed by atoms with Crippen LogP contribution in [0, 0.1) is 0 Å². The van der Waals surface area contributed by atoms with Crippen molar-refractivity contribution in [1.29, 1.82) is 0 Å². The standard InChI is InChI=1S/C23H26N4O2/c1-3-18-14-20(7-8-22(18)19-15-24-25-16-19)27-12-11-26(23(27)28)10-9-17-5-4-6-21(13-17)29-2/h4-8,13-16H,3,9-12H2,1-2H3,(H,24,25). The Morgan fingerprint density at radius 2 is 2.07 bits per heavy atom. The molecule has 1 aliphatic heterocycles. The number of hydrogen-bond donors (Lipinski definition) is 1. The number of aromatic amines is 1. The third kappa shape index (κ3) is 3.97.